The lowest BCUT2D eigenvalue weighted by Crippen LogP contribution is -2.55. The van der Waals surface area contributed by atoms with Gasteiger partial charge in [0.05, 0.1) is 0 Å². The molecule has 4 atom stereocenters. The van der Waals surface area contributed by atoms with E-state index < -0.39 is 18.0 Å². The number of thioether (sulfide) groups is 1. The van der Waals surface area contributed by atoms with Crippen molar-refractivity contribution in [2.24, 2.45) is 5.73 Å². The minimum atomic E-state index is -0.534. The van der Waals surface area contributed by atoms with Gasteiger partial charge in [-0.25, -0.2) is 0 Å². The molecule has 3 amide bonds. The fraction of sp³-hybridized carbons (Fsp3) is 0.769. The number of halogens is 1. The number of alkyl halides is 1. The van der Waals surface area contributed by atoms with Gasteiger partial charge in [-0.05, 0) is 19.3 Å². The molecule has 116 valence electrons. The van der Waals surface area contributed by atoms with Gasteiger partial charge in [-0.3, -0.25) is 14.4 Å². The molecule has 3 heterocycles. The maximum Gasteiger partial charge on any atom is 0.246 e. The lowest BCUT2D eigenvalue weighted by atomic mass is 10.1. The van der Waals surface area contributed by atoms with Gasteiger partial charge in [0.1, 0.15) is 18.0 Å². The monoisotopic (exact) mass is 331 g/mol. The van der Waals surface area contributed by atoms with Gasteiger partial charge < -0.3 is 15.5 Å². The van der Waals surface area contributed by atoms with Gasteiger partial charge >= 0.3 is 0 Å². The van der Waals surface area contributed by atoms with Crippen LogP contribution in [-0.4, -0.2) is 69.1 Å². The third-order valence-electron chi connectivity index (χ3n) is 4.59. The predicted molar refractivity (Wildman–Crippen MR) is 79.9 cm³/mol. The van der Waals surface area contributed by atoms with E-state index in [4.69, 9.17) is 17.3 Å². The molecule has 2 N–H and O–H groups in total. The van der Waals surface area contributed by atoms with E-state index in [1.165, 1.54) is 0 Å². The summed E-state index contributed by atoms with van der Waals surface area (Å²) in [5, 5.41) is 0.279. The highest BCUT2D eigenvalue weighted by molar-refractivity contribution is 8.00. The van der Waals surface area contributed by atoms with Gasteiger partial charge in [0, 0.05) is 23.6 Å². The normalized spacial score (nSPS) is 35.4. The molecule has 0 aromatic heterocycles. The number of hydrogen-bond acceptors (Lipinski definition) is 4. The Morgan fingerprint density at radius 3 is 2.81 bits per heavy atom. The Morgan fingerprint density at radius 2 is 2.14 bits per heavy atom. The fourth-order valence-electron chi connectivity index (χ4n) is 3.58. The first-order valence-corrected chi connectivity index (χ1v) is 8.69. The Balaban J connectivity index is 1.89. The van der Waals surface area contributed by atoms with Crippen molar-refractivity contribution >= 4 is 41.1 Å². The van der Waals surface area contributed by atoms with E-state index in [1.807, 2.05) is 0 Å². The Labute approximate surface area is 132 Å². The minimum absolute atomic E-state index is 0.0522. The molecule has 0 radical (unpaired) electrons. The van der Waals surface area contributed by atoms with Crippen LogP contribution in [0, 0.1) is 0 Å². The summed E-state index contributed by atoms with van der Waals surface area (Å²) in [6, 6.07) is -0.971. The molecular formula is C13H18ClN3O3S. The van der Waals surface area contributed by atoms with Crippen LogP contribution in [0.5, 0.6) is 0 Å². The van der Waals surface area contributed by atoms with Gasteiger partial charge in [-0.15, -0.1) is 11.6 Å². The zero-order valence-corrected chi connectivity index (χ0v) is 13.1. The van der Waals surface area contributed by atoms with E-state index in [0.29, 0.717) is 19.4 Å². The van der Waals surface area contributed by atoms with E-state index in [9.17, 15) is 14.4 Å². The van der Waals surface area contributed by atoms with Crippen LogP contribution in [-0.2, 0) is 14.4 Å². The summed E-state index contributed by atoms with van der Waals surface area (Å²) in [5.74, 6) is -0.130. The number of nitrogens with two attached hydrogens (primary N) is 1. The number of fused-ring (bicyclic) bond motifs is 3. The third-order valence-corrected chi connectivity index (χ3v) is 6.21. The molecule has 1 unspecified atom stereocenters. The summed E-state index contributed by atoms with van der Waals surface area (Å²) in [6.07, 6.45) is 2.06. The van der Waals surface area contributed by atoms with Crippen molar-refractivity contribution in [3.63, 3.8) is 0 Å². The van der Waals surface area contributed by atoms with Crippen LogP contribution in [0.15, 0.2) is 0 Å². The third kappa shape index (κ3) is 2.50. The van der Waals surface area contributed by atoms with Crippen LogP contribution in [0.2, 0.25) is 0 Å². The number of rotatable bonds is 2. The van der Waals surface area contributed by atoms with Crippen LogP contribution in [0.1, 0.15) is 19.3 Å². The molecule has 0 aliphatic carbocycles. The van der Waals surface area contributed by atoms with Crippen LogP contribution >= 0.6 is 23.4 Å². The smallest absolute Gasteiger partial charge is 0.246 e. The first-order chi connectivity index (χ1) is 10.0. The molecule has 3 saturated heterocycles. The van der Waals surface area contributed by atoms with E-state index in [-0.39, 0.29) is 29.0 Å². The lowest BCUT2D eigenvalue weighted by molar-refractivity contribution is -0.146. The zero-order valence-electron chi connectivity index (χ0n) is 11.5. The van der Waals surface area contributed by atoms with Gasteiger partial charge in [0.2, 0.25) is 17.7 Å². The number of carbonyl (C=O) groups is 3. The SMILES string of the molecule is NC(=O)[C@@H]1CCC2CS[C@@H]3C[C@H](C(=O)N21)N(C(=O)CCl)C3. The molecule has 2 bridgehead atoms. The standard InChI is InChI=1S/C13H18ClN3O3S/c14-4-11(18)16-5-8-3-10(16)13(20)17-7(6-21-8)1-2-9(17)12(15)19/h7-10H,1-6H2,(H2,15,19)/t7?,8-,9+,10-/m1/s1. The second kappa shape index (κ2) is 5.68. The molecule has 0 aromatic rings. The topological polar surface area (TPSA) is 83.7 Å². The number of carbonyl (C=O) groups excluding carboxylic acids is 3. The molecule has 6 nitrogen and oxygen atoms in total. The van der Waals surface area contributed by atoms with Crippen molar-refractivity contribution in [3.05, 3.63) is 0 Å². The van der Waals surface area contributed by atoms with Gasteiger partial charge in [-0.2, -0.15) is 11.8 Å². The predicted octanol–water partition coefficient (Wildman–Crippen LogP) is -0.214. The van der Waals surface area contributed by atoms with Crippen molar-refractivity contribution in [2.45, 2.75) is 42.6 Å². The highest BCUT2D eigenvalue weighted by atomic mass is 35.5. The Morgan fingerprint density at radius 1 is 1.38 bits per heavy atom. The van der Waals surface area contributed by atoms with Crippen molar-refractivity contribution in [1.29, 1.82) is 0 Å². The number of hydrogen-bond donors (Lipinski definition) is 1. The summed E-state index contributed by atoms with van der Waals surface area (Å²) < 4.78 is 0. The molecule has 0 saturated carbocycles. The fourth-order valence-corrected chi connectivity index (χ4v) is 5.14. The number of primary amides is 1. The van der Waals surface area contributed by atoms with E-state index in [1.54, 1.807) is 21.6 Å². The molecule has 0 spiro atoms. The summed E-state index contributed by atoms with van der Waals surface area (Å²) >= 11 is 7.43. The average molecular weight is 332 g/mol. The first-order valence-electron chi connectivity index (χ1n) is 7.11. The molecule has 8 heteroatoms. The summed E-state index contributed by atoms with van der Waals surface area (Å²) in [6.45, 7) is 0.564. The number of amides is 3. The van der Waals surface area contributed by atoms with Crippen LogP contribution in [0.3, 0.4) is 0 Å². The molecule has 3 aliphatic heterocycles. The van der Waals surface area contributed by atoms with Gasteiger partial charge in [0.15, 0.2) is 0 Å². The van der Waals surface area contributed by atoms with Crippen molar-refractivity contribution < 1.29 is 14.4 Å². The largest absolute Gasteiger partial charge is 0.368 e. The zero-order chi connectivity index (χ0) is 15.1. The van der Waals surface area contributed by atoms with Crippen LogP contribution < -0.4 is 5.73 Å². The number of likely N-dealkylation sites (tertiary alicyclic amines) is 1. The van der Waals surface area contributed by atoms with E-state index >= 15 is 0 Å². The Hall–Kier alpha value is -0.950. The number of nitrogens with zero attached hydrogens (tertiary/aromatic N) is 2. The maximum absolute atomic E-state index is 12.9. The lowest BCUT2D eigenvalue weighted by Gasteiger charge is -2.34. The van der Waals surface area contributed by atoms with Crippen molar-refractivity contribution in [2.75, 3.05) is 18.2 Å². The summed E-state index contributed by atoms with van der Waals surface area (Å²) in [5.41, 5.74) is 5.43. The Bertz CT molecular complexity index is 489. The average Bonchev–Trinajstić information content (AvgIpc) is 3.06. The van der Waals surface area contributed by atoms with Crippen LogP contribution in [0.4, 0.5) is 0 Å². The van der Waals surface area contributed by atoms with Crippen molar-refractivity contribution in [3.8, 4) is 0 Å². The second-order valence-electron chi connectivity index (χ2n) is 5.78. The van der Waals surface area contributed by atoms with Crippen LogP contribution in [0.25, 0.3) is 0 Å². The molecule has 3 fully saturated rings. The molecule has 0 aromatic carbocycles. The summed E-state index contributed by atoms with van der Waals surface area (Å²) in [7, 11) is 0. The molecule has 21 heavy (non-hydrogen) atoms. The van der Waals surface area contributed by atoms with E-state index in [0.717, 1.165) is 12.2 Å². The highest BCUT2D eigenvalue weighted by Crippen LogP contribution is 2.37. The molecular weight excluding hydrogens is 314 g/mol. The molecule has 3 rings (SSSR count). The summed E-state index contributed by atoms with van der Waals surface area (Å²) in [4.78, 5) is 39.6. The molecule has 3 aliphatic rings. The Kier molecular flexibility index (Phi) is 4.05. The first kappa shape index (κ1) is 15.0. The van der Waals surface area contributed by atoms with Crippen molar-refractivity contribution in [1.82, 2.24) is 9.80 Å². The highest BCUT2D eigenvalue weighted by Gasteiger charge is 2.49. The second-order valence-corrected chi connectivity index (χ2v) is 7.38. The minimum Gasteiger partial charge on any atom is -0.368 e. The maximum atomic E-state index is 12.9. The van der Waals surface area contributed by atoms with E-state index in [2.05, 4.69) is 0 Å². The van der Waals surface area contributed by atoms with Gasteiger partial charge in [-0.1, -0.05) is 0 Å². The van der Waals surface area contributed by atoms with Gasteiger partial charge in [0.25, 0.3) is 0 Å². The quantitative estimate of drug-likeness (QED) is 0.709.